The lowest BCUT2D eigenvalue weighted by Gasteiger charge is -2.25. The number of carbonyl (C=O) groups excluding carboxylic acids is 2. The van der Waals surface area contributed by atoms with E-state index < -0.39 is 17.7 Å². The molecule has 162 valence electrons. The second-order valence-electron chi connectivity index (χ2n) is 8.25. The van der Waals surface area contributed by atoms with Gasteiger partial charge in [0.25, 0.3) is 11.7 Å². The molecule has 1 N–H and O–H groups in total. The predicted octanol–water partition coefficient (Wildman–Crippen LogP) is 5.48. The van der Waals surface area contributed by atoms with Gasteiger partial charge in [-0.15, -0.1) is 0 Å². The van der Waals surface area contributed by atoms with Gasteiger partial charge >= 0.3 is 0 Å². The number of fused-ring (bicyclic) bond motifs is 1. The molecular weight excluding hydrogens is 412 g/mol. The molecule has 0 saturated carbocycles. The first kappa shape index (κ1) is 20.6. The molecule has 1 fully saturated rings. The number of pyridine rings is 1. The molecule has 5 rings (SSSR count). The summed E-state index contributed by atoms with van der Waals surface area (Å²) in [4.78, 5) is 32.3. The molecule has 1 aromatic heterocycles. The molecule has 33 heavy (non-hydrogen) atoms. The first-order chi connectivity index (χ1) is 16.0. The van der Waals surface area contributed by atoms with Crippen LogP contribution < -0.4 is 4.90 Å². The van der Waals surface area contributed by atoms with Gasteiger partial charge in [-0.05, 0) is 59.5 Å². The average molecular weight is 434 g/mol. The maximum Gasteiger partial charge on any atom is 0.300 e. The van der Waals surface area contributed by atoms with E-state index in [1.165, 1.54) is 4.90 Å². The maximum absolute atomic E-state index is 13.3. The molecule has 0 aliphatic carbocycles. The van der Waals surface area contributed by atoms with Gasteiger partial charge in [-0.2, -0.15) is 0 Å². The Kier molecular flexibility index (Phi) is 5.02. The van der Waals surface area contributed by atoms with Crippen molar-refractivity contribution in [3.63, 3.8) is 0 Å². The third-order valence-corrected chi connectivity index (χ3v) is 6.26. The molecule has 1 saturated heterocycles. The summed E-state index contributed by atoms with van der Waals surface area (Å²) < 4.78 is 0. The summed E-state index contributed by atoms with van der Waals surface area (Å²) in [5.74, 6) is -1.58. The van der Waals surface area contributed by atoms with Crippen molar-refractivity contribution in [2.24, 2.45) is 0 Å². The topological polar surface area (TPSA) is 70.5 Å². The summed E-state index contributed by atoms with van der Waals surface area (Å²) in [6, 6.07) is 21.6. The molecule has 1 unspecified atom stereocenters. The molecule has 0 spiro atoms. The Hall–Kier alpha value is -4.25. The molecule has 5 heteroatoms. The molecule has 2 heterocycles. The molecule has 0 radical (unpaired) electrons. The fraction of sp³-hybridized carbons (Fsp3) is 0.107. The van der Waals surface area contributed by atoms with Crippen LogP contribution in [0.15, 0.2) is 90.8 Å². The minimum absolute atomic E-state index is 0.0579. The second-order valence-corrected chi connectivity index (χ2v) is 8.25. The summed E-state index contributed by atoms with van der Waals surface area (Å²) in [6.07, 6.45) is 3.26. The van der Waals surface area contributed by atoms with Crippen molar-refractivity contribution in [1.29, 1.82) is 0 Å². The van der Waals surface area contributed by atoms with Gasteiger partial charge in [-0.3, -0.25) is 19.5 Å². The van der Waals surface area contributed by atoms with Crippen molar-refractivity contribution in [3.05, 3.63) is 113 Å². The molecule has 1 atom stereocenters. The number of carbonyl (C=O) groups is 2. The quantitative estimate of drug-likeness (QED) is 0.263. The lowest BCUT2D eigenvalue weighted by molar-refractivity contribution is -0.132. The highest BCUT2D eigenvalue weighted by Crippen LogP contribution is 2.43. The first-order valence-electron chi connectivity index (χ1n) is 10.7. The molecule has 5 nitrogen and oxygen atoms in total. The fourth-order valence-electron chi connectivity index (χ4n) is 4.40. The second kappa shape index (κ2) is 8.02. The van der Waals surface area contributed by atoms with Crippen LogP contribution in [-0.2, 0) is 9.59 Å². The Morgan fingerprint density at radius 3 is 2.45 bits per heavy atom. The Morgan fingerprint density at radius 1 is 0.909 bits per heavy atom. The Labute approximate surface area is 191 Å². The molecule has 4 aromatic rings. The zero-order valence-corrected chi connectivity index (χ0v) is 18.3. The smallest absolute Gasteiger partial charge is 0.300 e. The molecule has 0 bridgehead atoms. The number of ketones is 1. The van der Waals surface area contributed by atoms with Crippen LogP contribution in [0.3, 0.4) is 0 Å². The fourth-order valence-corrected chi connectivity index (χ4v) is 4.40. The summed E-state index contributed by atoms with van der Waals surface area (Å²) in [6.45, 7) is 3.96. The maximum atomic E-state index is 13.3. The zero-order chi connectivity index (χ0) is 23.1. The number of rotatable bonds is 3. The van der Waals surface area contributed by atoms with Gasteiger partial charge in [0.2, 0.25) is 0 Å². The van der Waals surface area contributed by atoms with Gasteiger partial charge in [-0.25, -0.2) is 0 Å². The molecular formula is C28H22N2O3. The Morgan fingerprint density at radius 2 is 1.70 bits per heavy atom. The van der Waals surface area contributed by atoms with Crippen LogP contribution in [0.1, 0.15) is 28.3 Å². The number of aryl methyl sites for hydroxylation is 2. The highest BCUT2D eigenvalue weighted by molar-refractivity contribution is 6.51. The largest absolute Gasteiger partial charge is 0.507 e. The number of hydrogen-bond donors (Lipinski definition) is 1. The van der Waals surface area contributed by atoms with Gasteiger partial charge < -0.3 is 5.11 Å². The molecule has 1 aliphatic rings. The van der Waals surface area contributed by atoms with Crippen molar-refractivity contribution in [2.75, 3.05) is 4.90 Å². The highest BCUT2D eigenvalue weighted by atomic mass is 16.3. The van der Waals surface area contributed by atoms with Crippen molar-refractivity contribution < 1.29 is 14.7 Å². The van der Waals surface area contributed by atoms with E-state index in [-0.39, 0.29) is 11.3 Å². The summed E-state index contributed by atoms with van der Waals surface area (Å²) in [5.41, 5.74) is 3.92. The number of aliphatic hydroxyl groups is 1. The minimum atomic E-state index is -0.792. The number of benzene rings is 3. The highest BCUT2D eigenvalue weighted by Gasteiger charge is 2.47. The van der Waals surface area contributed by atoms with Crippen LogP contribution >= 0.6 is 0 Å². The van der Waals surface area contributed by atoms with E-state index in [0.29, 0.717) is 16.8 Å². The van der Waals surface area contributed by atoms with Crippen LogP contribution in [0, 0.1) is 13.8 Å². The number of aromatic nitrogens is 1. The van der Waals surface area contributed by atoms with Crippen molar-refractivity contribution in [3.8, 4) is 0 Å². The lowest BCUT2D eigenvalue weighted by atomic mass is 9.94. The summed E-state index contributed by atoms with van der Waals surface area (Å²) in [7, 11) is 0. The average Bonchev–Trinajstić information content (AvgIpc) is 3.11. The van der Waals surface area contributed by atoms with Gasteiger partial charge in [0, 0.05) is 23.6 Å². The Bertz CT molecular complexity index is 1440. The van der Waals surface area contributed by atoms with E-state index in [2.05, 4.69) is 4.98 Å². The van der Waals surface area contributed by atoms with Gasteiger partial charge in [0.15, 0.2) is 0 Å². The zero-order valence-electron chi connectivity index (χ0n) is 18.3. The normalized spacial score (nSPS) is 17.6. The molecule has 3 aromatic carbocycles. The van der Waals surface area contributed by atoms with Crippen molar-refractivity contribution in [1.82, 2.24) is 4.98 Å². The third-order valence-electron chi connectivity index (χ3n) is 6.26. The lowest BCUT2D eigenvalue weighted by Crippen LogP contribution is -2.29. The van der Waals surface area contributed by atoms with Crippen LogP contribution in [0.2, 0.25) is 0 Å². The summed E-state index contributed by atoms with van der Waals surface area (Å²) in [5, 5.41) is 13.2. The number of Topliss-reactive ketones (excluding diaryl/α,β-unsaturated/α-hetero) is 1. The number of nitrogens with zero attached hydrogens (tertiary/aromatic N) is 2. The van der Waals surface area contributed by atoms with Gasteiger partial charge in [0.05, 0.1) is 11.6 Å². The van der Waals surface area contributed by atoms with Gasteiger partial charge in [-0.1, -0.05) is 54.6 Å². The standard InChI is InChI=1S/C28H22N2O3/c1-17-12-13-21(15-18(17)2)30-25(20-9-6-14-29-16-20)24(27(32)28(30)33)26(31)23-11-5-8-19-7-3-4-10-22(19)23/h3-16,25,31H,1-2H3/b26-24-. The molecule has 1 amide bonds. The number of anilines is 1. The monoisotopic (exact) mass is 434 g/mol. The van der Waals surface area contributed by atoms with Crippen LogP contribution in [-0.4, -0.2) is 21.8 Å². The SMILES string of the molecule is Cc1ccc(N2C(=O)C(=O)/C(=C(\O)c3cccc4ccccc34)C2c2cccnc2)cc1C. The minimum Gasteiger partial charge on any atom is -0.507 e. The third kappa shape index (κ3) is 3.38. The number of amides is 1. The van der Waals surface area contributed by atoms with E-state index in [1.54, 1.807) is 24.5 Å². The summed E-state index contributed by atoms with van der Waals surface area (Å²) >= 11 is 0. The van der Waals surface area contributed by atoms with Crippen molar-refractivity contribution in [2.45, 2.75) is 19.9 Å². The number of aliphatic hydroxyl groups excluding tert-OH is 1. The van der Waals surface area contributed by atoms with Crippen LogP contribution in [0.25, 0.3) is 16.5 Å². The van der Waals surface area contributed by atoms with E-state index in [0.717, 1.165) is 21.9 Å². The van der Waals surface area contributed by atoms with Crippen LogP contribution in [0.5, 0.6) is 0 Å². The van der Waals surface area contributed by atoms with Crippen molar-refractivity contribution >= 4 is 33.9 Å². The first-order valence-corrected chi connectivity index (χ1v) is 10.7. The number of hydrogen-bond acceptors (Lipinski definition) is 4. The molecule has 1 aliphatic heterocycles. The van der Waals surface area contributed by atoms with E-state index in [9.17, 15) is 14.7 Å². The van der Waals surface area contributed by atoms with E-state index in [4.69, 9.17) is 0 Å². The van der Waals surface area contributed by atoms with Crippen LogP contribution in [0.4, 0.5) is 5.69 Å². The van der Waals surface area contributed by atoms with Gasteiger partial charge in [0.1, 0.15) is 5.76 Å². The Balaban J connectivity index is 1.77. The van der Waals surface area contributed by atoms with E-state index in [1.807, 2.05) is 74.5 Å². The van der Waals surface area contributed by atoms with E-state index >= 15 is 0 Å². The predicted molar refractivity (Wildman–Crippen MR) is 129 cm³/mol.